The molecule has 0 radical (unpaired) electrons. The molecule has 1 aliphatic heterocycles. The maximum Gasteiger partial charge on any atom is 0.286 e. The molecule has 2 aromatic carbocycles. The van der Waals surface area contributed by atoms with E-state index in [9.17, 15) is 4.79 Å². The highest BCUT2D eigenvalue weighted by molar-refractivity contribution is 8.26. The number of hydrazone groups is 1. The number of hydrogen-bond acceptors (Lipinski definition) is 4. The monoisotopic (exact) mass is 460 g/mol. The van der Waals surface area contributed by atoms with E-state index in [0.717, 1.165) is 22.3 Å². The van der Waals surface area contributed by atoms with Crippen molar-refractivity contribution < 1.29 is 4.79 Å². The van der Waals surface area contributed by atoms with Gasteiger partial charge in [-0.25, -0.2) is 0 Å². The Balaban J connectivity index is 1.82. The third kappa shape index (κ3) is 4.42. The molecule has 0 N–H and O–H groups in total. The summed E-state index contributed by atoms with van der Waals surface area (Å²) in [4.78, 5) is 13.0. The van der Waals surface area contributed by atoms with Crippen LogP contribution in [0.2, 0.25) is 20.1 Å². The van der Waals surface area contributed by atoms with Gasteiger partial charge in [-0.3, -0.25) is 4.79 Å². The fraction of sp³-hybridized carbons (Fsp3) is 0. The third-order valence-electron chi connectivity index (χ3n) is 3.28. The van der Waals surface area contributed by atoms with Gasteiger partial charge in [0.1, 0.15) is 0 Å². The van der Waals surface area contributed by atoms with Crippen molar-refractivity contribution in [2.24, 2.45) is 5.10 Å². The van der Waals surface area contributed by atoms with Gasteiger partial charge in [-0.2, -0.15) is 10.1 Å². The van der Waals surface area contributed by atoms with Crippen LogP contribution in [-0.2, 0) is 4.79 Å². The maximum absolute atomic E-state index is 12.5. The summed E-state index contributed by atoms with van der Waals surface area (Å²) in [5.74, 6) is -0.317. The first-order chi connectivity index (χ1) is 12.3. The van der Waals surface area contributed by atoms with Crippen molar-refractivity contribution >= 4 is 92.9 Å². The number of hydrogen-bond donors (Lipinski definition) is 0. The summed E-state index contributed by atoms with van der Waals surface area (Å²) < 4.78 is 0.331. The van der Waals surface area contributed by atoms with Crippen LogP contribution in [0, 0.1) is 0 Å². The van der Waals surface area contributed by atoms with Crippen molar-refractivity contribution in [3.63, 3.8) is 0 Å². The van der Waals surface area contributed by atoms with Crippen LogP contribution < -0.4 is 0 Å². The molecule has 0 saturated carbocycles. The molecule has 132 valence electrons. The van der Waals surface area contributed by atoms with Crippen molar-refractivity contribution in [1.29, 1.82) is 0 Å². The molecule has 9 heteroatoms. The normalized spacial score (nSPS) is 16.3. The first-order valence-electron chi connectivity index (χ1n) is 7.07. The number of benzene rings is 2. The fourth-order valence-electron chi connectivity index (χ4n) is 2.03. The van der Waals surface area contributed by atoms with E-state index in [0.29, 0.717) is 34.9 Å². The molecule has 2 aromatic rings. The molecule has 0 aliphatic carbocycles. The van der Waals surface area contributed by atoms with Crippen LogP contribution in [0.5, 0.6) is 0 Å². The summed E-state index contributed by atoms with van der Waals surface area (Å²) in [6, 6.07) is 10.1. The zero-order valence-electron chi connectivity index (χ0n) is 12.7. The second-order valence-corrected chi connectivity index (χ2v) is 8.39. The van der Waals surface area contributed by atoms with Crippen LogP contribution in [0.25, 0.3) is 6.08 Å². The highest BCUT2D eigenvalue weighted by atomic mass is 35.5. The summed E-state index contributed by atoms with van der Waals surface area (Å²) in [6.07, 6.45) is 3.19. The van der Waals surface area contributed by atoms with E-state index in [1.807, 2.05) is 0 Å². The minimum Gasteiger partial charge on any atom is -0.266 e. The van der Waals surface area contributed by atoms with Gasteiger partial charge in [-0.05, 0) is 53.7 Å². The summed E-state index contributed by atoms with van der Waals surface area (Å²) >= 11 is 30.2. The summed E-state index contributed by atoms with van der Waals surface area (Å²) in [5, 5.41) is 7.02. The Hall–Kier alpha value is -1.08. The Kier molecular flexibility index (Phi) is 6.28. The number of rotatable bonds is 3. The molecule has 3 rings (SSSR count). The Morgan fingerprint density at radius 1 is 0.923 bits per heavy atom. The standard InChI is InChI=1S/C17H8Cl4N2OS2/c18-11-3-1-9(5-13(11)20)7-15-16(24)23(17(25)26-15)22-8-10-2-4-12(19)14(21)6-10/h1-8H. The minimum absolute atomic E-state index is 0.317. The number of halogens is 4. The van der Waals surface area contributed by atoms with Gasteiger partial charge < -0.3 is 0 Å². The molecule has 3 nitrogen and oxygen atoms in total. The summed E-state index contributed by atoms with van der Waals surface area (Å²) in [6.45, 7) is 0. The lowest BCUT2D eigenvalue weighted by Crippen LogP contribution is -2.22. The van der Waals surface area contributed by atoms with Crippen molar-refractivity contribution in [3.8, 4) is 0 Å². The number of carbonyl (C=O) groups excluding carboxylic acids is 1. The Morgan fingerprint density at radius 2 is 1.50 bits per heavy atom. The average Bonchev–Trinajstić information content (AvgIpc) is 2.86. The zero-order chi connectivity index (χ0) is 18.8. The minimum atomic E-state index is -0.317. The van der Waals surface area contributed by atoms with Gasteiger partial charge >= 0.3 is 0 Å². The topological polar surface area (TPSA) is 32.7 Å². The second kappa shape index (κ2) is 8.30. The van der Waals surface area contributed by atoms with E-state index >= 15 is 0 Å². The molecule has 0 aromatic heterocycles. The Morgan fingerprint density at radius 3 is 2.12 bits per heavy atom. The van der Waals surface area contributed by atoms with E-state index in [1.165, 1.54) is 6.21 Å². The molecule has 1 fully saturated rings. The molecule has 1 amide bonds. The highest BCUT2D eigenvalue weighted by Crippen LogP contribution is 2.34. The maximum atomic E-state index is 12.5. The molecule has 1 saturated heterocycles. The van der Waals surface area contributed by atoms with Crippen molar-refractivity contribution in [2.45, 2.75) is 0 Å². The van der Waals surface area contributed by atoms with Gasteiger partial charge in [0.25, 0.3) is 5.91 Å². The number of thioether (sulfide) groups is 1. The highest BCUT2D eigenvalue weighted by Gasteiger charge is 2.32. The fourth-order valence-corrected chi connectivity index (χ4v) is 3.82. The number of carbonyl (C=O) groups is 1. The average molecular weight is 462 g/mol. The Labute approximate surface area is 179 Å². The van der Waals surface area contributed by atoms with Crippen LogP contribution in [-0.4, -0.2) is 21.5 Å². The lowest BCUT2D eigenvalue weighted by atomic mass is 10.2. The van der Waals surface area contributed by atoms with Gasteiger partial charge in [0, 0.05) is 0 Å². The molecule has 0 atom stereocenters. The number of nitrogens with zero attached hydrogens (tertiary/aromatic N) is 2. The largest absolute Gasteiger partial charge is 0.286 e. The molecule has 0 unspecified atom stereocenters. The van der Waals surface area contributed by atoms with Gasteiger partial charge in [-0.1, -0.05) is 70.3 Å². The van der Waals surface area contributed by atoms with E-state index in [2.05, 4.69) is 5.10 Å². The first-order valence-corrected chi connectivity index (χ1v) is 9.81. The number of amides is 1. The Bertz CT molecular complexity index is 975. The van der Waals surface area contributed by atoms with Gasteiger partial charge in [0.05, 0.1) is 31.2 Å². The van der Waals surface area contributed by atoms with Crippen molar-refractivity contribution in [1.82, 2.24) is 5.01 Å². The van der Waals surface area contributed by atoms with E-state index in [1.54, 1.807) is 42.5 Å². The van der Waals surface area contributed by atoms with Crippen molar-refractivity contribution in [3.05, 3.63) is 72.5 Å². The lowest BCUT2D eigenvalue weighted by Gasteiger charge is -2.06. The molecule has 26 heavy (non-hydrogen) atoms. The second-order valence-electron chi connectivity index (χ2n) is 5.09. The van der Waals surface area contributed by atoms with Crippen LogP contribution in [0.1, 0.15) is 11.1 Å². The van der Waals surface area contributed by atoms with E-state index in [-0.39, 0.29) is 5.91 Å². The van der Waals surface area contributed by atoms with Crippen LogP contribution in [0.15, 0.2) is 46.4 Å². The van der Waals surface area contributed by atoms with Crippen molar-refractivity contribution in [2.75, 3.05) is 0 Å². The molecule has 0 bridgehead atoms. The quantitative estimate of drug-likeness (QED) is 0.295. The molecule has 1 heterocycles. The van der Waals surface area contributed by atoms with Gasteiger partial charge in [0.2, 0.25) is 0 Å². The van der Waals surface area contributed by atoms with Crippen LogP contribution in [0.3, 0.4) is 0 Å². The predicted octanol–water partition coefficient (Wildman–Crippen LogP) is 6.54. The number of thiocarbonyl (C=S) groups is 1. The van der Waals surface area contributed by atoms with Crippen LogP contribution in [0.4, 0.5) is 0 Å². The third-order valence-corrected chi connectivity index (χ3v) is 6.04. The SMILES string of the molecule is O=C1C(=Cc2ccc(Cl)c(Cl)c2)SC(=S)N1N=Cc1ccc(Cl)c(Cl)c1. The molecular formula is C17H8Cl4N2OS2. The van der Waals surface area contributed by atoms with Gasteiger partial charge in [-0.15, -0.1) is 0 Å². The first kappa shape index (κ1) is 19.7. The smallest absolute Gasteiger partial charge is 0.266 e. The summed E-state index contributed by atoms with van der Waals surface area (Å²) in [7, 11) is 0. The predicted molar refractivity (Wildman–Crippen MR) is 116 cm³/mol. The lowest BCUT2D eigenvalue weighted by molar-refractivity contribution is -0.122. The molecular weight excluding hydrogens is 454 g/mol. The van der Waals surface area contributed by atoms with E-state index < -0.39 is 0 Å². The molecule has 0 spiro atoms. The zero-order valence-corrected chi connectivity index (χ0v) is 17.4. The molecule has 1 aliphatic rings. The van der Waals surface area contributed by atoms with E-state index in [4.69, 9.17) is 58.6 Å². The van der Waals surface area contributed by atoms with Crippen LogP contribution >= 0.6 is 70.4 Å². The van der Waals surface area contributed by atoms with Gasteiger partial charge in [0.15, 0.2) is 4.32 Å². The summed E-state index contributed by atoms with van der Waals surface area (Å²) in [5.41, 5.74) is 1.44.